The predicted octanol–water partition coefficient (Wildman–Crippen LogP) is 4.60. The van der Waals surface area contributed by atoms with E-state index < -0.39 is 0 Å². The van der Waals surface area contributed by atoms with E-state index in [1.165, 1.54) is 18.2 Å². The molecule has 2 aromatic carbocycles. The molecule has 0 atom stereocenters. The maximum atomic E-state index is 12.9. The number of anilines is 1. The minimum Gasteiger partial charge on any atom is -0.321 e. The molecule has 0 spiro atoms. The lowest BCUT2D eigenvalue weighted by Crippen LogP contribution is -2.12. The fourth-order valence-electron chi connectivity index (χ4n) is 1.43. The van der Waals surface area contributed by atoms with Gasteiger partial charge in [0.25, 0.3) is 5.91 Å². The van der Waals surface area contributed by atoms with E-state index in [1.807, 2.05) is 6.07 Å². The highest BCUT2D eigenvalue weighted by atomic mass is 79.9. The van der Waals surface area contributed by atoms with Gasteiger partial charge in [0.15, 0.2) is 0 Å². The van der Waals surface area contributed by atoms with Crippen LogP contribution in [0.1, 0.15) is 10.4 Å². The van der Waals surface area contributed by atoms with Crippen molar-refractivity contribution in [3.05, 3.63) is 62.8 Å². The van der Waals surface area contributed by atoms with Crippen molar-refractivity contribution in [3.63, 3.8) is 0 Å². The minimum atomic E-state index is -0.360. The number of nitrogens with one attached hydrogen (secondary N) is 1. The van der Waals surface area contributed by atoms with Crippen LogP contribution >= 0.6 is 31.9 Å². The smallest absolute Gasteiger partial charge is 0.256 e. The zero-order valence-electron chi connectivity index (χ0n) is 9.08. The Labute approximate surface area is 120 Å². The van der Waals surface area contributed by atoms with Crippen molar-refractivity contribution in [1.82, 2.24) is 0 Å². The van der Waals surface area contributed by atoms with Gasteiger partial charge in [0.1, 0.15) is 5.82 Å². The quantitative estimate of drug-likeness (QED) is 0.819. The molecule has 0 bridgehead atoms. The lowest BCUT2D eigenvalue weighted by atomic mass is 10.2. The van der Waals surface area contributed by atoms with Crippen molar-refractivity contribution in [3.8, 4) is 0 Å². The third-order valence-corrected chi connectivity index (χ3v) is 3.65. The van der Waals surface area contributed by atoms with Gasteiger partial charge in [0, 0.05) is 8.95 Å². The second-order valence-corrected chi connectivity index (χ2v) is 5.27. The SMILES string of the molecule is O=C(Nc1ccc(F)cc1Br)c1ccccc1Br. The van der Waals surface area contributed by atoms with Gasteiger partial charge in [-0.15, -0.1) is 0 Å². The molecule has 5 heteroatoms. The fourth-order valence-corrected chi connectivity index (χ4v) is 2.34. The largest absolute Gasteiger partial charge is 0.321 e. The highest BCUT2D eigenvalue weighted by Gasteiger charge is 2.11. The molecule has 0 heterocycles. The van der Waals surface area contributed by atoms with Gasteiger partial charge >= 0.3 is 0 Å². The topological polar surface area (TPSA) is 29.1 Å². The van der Waals surface area contributed by atoms with Crippen LogP contribution < -0.4 is 5.32 Å². The van der Waals surface area contributed by atoms with Crippen molar-refractivity contribution in [1.29, 1.82) is 0 Å². The maximum absolute atomic E-state index is 12.9. The molecule has 18 heavy (non-hydrogen) atoms. The summed E-state index contributed by atoms with van der Waals surface area (Å²) in [6.45, 7) is 0. The van der Waals surface area contributed by atoms with Crippen molar-refractivity contribution in [2.75, 3.05) is 5.32 Å². The molecule has 2 rings (SSSR count). The van der Waals surface area contributed by atoms with Crippen LogP contribution in [0, 0.1) is 5.82 Å². The maximum Gasteiger partial charge on any atom is 0.256 e. The first-order valence-electron chi connectivity index (χ1n) is 5.09. The second-order valence-electron chi connectivity index (χ2n) is 3.56. The molecule has 0 saturated carbocycles. The lowest BCUT2D eigenvalue weighted by molar-refractivity contribution is 0.102. The highest BCUT2D eigenvalue weighted by Crippen LogP contribution is 2.24. The third-order valence-electron chi connectivity index (χ3n) is 2.30. The Morgan fingerprint density at radius 2 is 1.78 bits per heavy atom. The molecule has 0 fully saturated rings. The van der Waals surface area contributed by atoms with Gasteiger partial charge in [-0.05, 0) is 62.2 Å². The fraction of sp³-hybridized carbons (Fsp3) is 0. The Kier molecular flexibility index (Phi) is 4.14. The summed E-state index contributed by atoms with van der Waals surface area (Å²) < 4.78 is 14.1. The Morgan fingerprint density at radius 1 is 1.06 bits per heavy atom. The van der Waals surface area contributed by atoms with Crippen molar-refractivity contribution in [2.45, 2.75) is 0 Å². The molecule has 0 aliphatic rings. The first-order chi connectivity index (χ1) is 8.58. The summed E-state index contributed by atoms with van der Waals surface area (Å²) in [4.78, 5) is 12.0. The molecular formula is C13H8Br2FNO. The van der Waals surface area contributed by atoms with Crippen LogP contribution in [-0.4, -0.2) is 5.91 Å². The molecule has 0 saturated heterocycles. The average Bonchev–Trinajstić information content (AvgIpc) is 2.33. The Hall–Kier alpha value is -1.20. The number of rotatable bonds is 2. The number of hydrogen-bond acceptors (Lipinski definition) is 1. The Bertz CT molecular complexity index is 601. The molecule has 2 aromatic rings. The summed E-state index contributed by atoms with van der Waals surface area (Å²) in [5, 5.41) is 2.71. The van der Waals surface area contributed by atoms with Crippen molar-refractivity contribution in [2.24, 2.45) is 0 Å². The monoisotopic (exact) mass is 371 g/mol. The summed E-state index contributed by atoms with van der Waals surface area (Å²) in [7, 11) is 0. The number of carbonyl (C=O) groups excluding carboxylic acids is 1. The molecule has 0 radical (unpaired) electrons. The first-order valence-corrected chi connectivity index (χ1v) is 6.67. The van der Waals surface area contributed by atoms with E-state index in [1.54, 1.807) is 18.2 Å². The van der Waals surface area contributed by atoms with Gasteiger partial charge in [0.05, 0.1) is 11.3 Å². The normalized spacial score (nSPS) is 10.2. The van der Waals surface area contributed by atoms with Crippen LogP contribution in [0.25, 0.3) is 0 Å². The van der Waals surface area contributed by atoms with Gasteiger partial charge in [-0.1, -0.05) is 12.1 Å². The zero-order chi connectivity index (χ0) is 13.1. The molecule has 0 aliphatic carbocycles. The molecule has 92 valence electrons. The van der Waals surface area contributed by atoms with Gasteiger partial charge in [-0.2, -0.15) is 0 Å². The van der Waals surface area contributed by atoms with E-state index in [-0.39, 0.29) is 11.7 Å². The minimum absolute atomic E-state index is 0.255. The van der Waals surface area contributed by atoms with Crippen LogP contribution in [0.2, 0.25) is 0 Å². The average molecular weight is 373 g/mol. The van der Waals surface area contributed by atoms with Crippen molar-refractivity contribution >= 4 is 43.5 Å². The van der Waals surface area contributed by atoms with Gasteiger partial charge < -0.3 is 5.32 Å². The Morgan fingerprint density at radius 3 is 2.44 bits per heavy atom. The molecule has 1 amide bonds. The molecule has 0 aliphatic heterocycles. The highest BCUT2D eigenvalue weighted by molar-refractivity contribution is 9.11. The summed E-state index contributed by atoms with van der Waals surface area (Å²) >= 11 is 6.51. The molecule has 0 aromatic heterocycles. The lowest BCUT2D eigenvalue weighted by Gasteiger charge is -2.08. The van der Waals surface area contributed by atoms with E-state index in [2.05, 4.69) is 37.2 Å². The predicted molar refractivity (Wildman–Crippen MR) is 76.2 cm³/mol. The van der Waals surface area contributed by atoms with Crippen molar-refractivity contribution < 1.29 is 9.18 Å². The first kappa shape index (κ1) is 13.2. The van der Waals surface area contributed by atoms with Gasteiger partial charge in [-0.25, -0.2) is 4.39 Å². The van der Waals surface area contributed by atoms with E-state index >= 15 is 0 Å². The zero-order valence-corrected chi connectivity index (χ0v) is 12.3. The summed E-state index contributed by atoms with van der Waals surface area (Å²) in [5.41, 5.74) is 1.05. The van der Waals surface area contributed by atoms with Crippen LogP contribution in [-0.2, 0) is 0 Å². The standard InChI is InChI=1S/C13H8Br2FNO/c14-10-4-2-1-3-9(10)13(18)17-12-6-5-8(16)7-11(12)15/h1-7H,(H,17,18). The van der Waals surface area contributed by atoms with Gasteiger partial charge in [0.2, 0.25) is 0 Å². The van der Waals surface area contributed by atoms with Crippen LogP contribution in [0.15, 0.2) is 51.4 Å². The number of hydrogen-bond donors (Lipinski definition) is 1. The Balaban J connectivity index is 2.24. The molecule has 2 nitrogen and oxygen atoms in total. The van der Waals surface area contributed by atoms with E-state index in [4.69, 9.17) is 0 Å². The second kappa shape index (κ2) is 5.63. The van der Waals surface area contributed by atoms with Gasteiger partial charge in [-0.3, -0.25) is 4.79 Å². The van der Waals surface area contributed by atoms with Crippen LogP contribution in [0.5, 0.6) is 0 Å². The molecular weight excluding hydrogens is 365 g/mol. The summed E-state index contributed by atoms with van der Waals surface area (Å²) in [5.74, 6) is -0.615. The summed E-state index contributed by atoms with van der Waals surface area (Å²) in [6, 6.07) is 11.2. The third kappa shape index (κ3) is 2.97. The van der Waals surface area contributed by atoms with E-state index in [9.17, 15) is 9.18 Å². The van der Waals surface area contributed by atoms with Crippen LogP contribution in [0.3, 0.4) is 0 Å². The number of benzene rings is 2. The summed E-state index contributed by atoms with van der Waals surface area (Å²) in [6.07, 6.45) is 0. The number of halogens is 3. The van der Waals surface area contributed by atoms with E-state index in [0.717, 1.165) is 0 Å². The van der Waals surface area contributed by atoms with Crippen LogP contribution in [0.4, 0.5) is 10.1 Å². The molecule has 0 unspecified atom stereocenters. The number of carbonyl (C=O) groups is 1. The number of amides is 1. The molecule has 1 N–H and O–H groups in total. The van der Waals surface area contributed by atoms with E-state index in [0.29, 0.717) is 20.2 Å².